The summed E-state index contributed by atoms with van der Waals surface area (Å²) in [5.74, 6) is 1.26. The Morgan fingerprint density at radius 2 is 2.03 bits per heavy atom. The summed E-state index contributed by atoms with van der Waals surface area (Å²) in [5.41, 5.74) is 4.75. The largest absolute Gasteiger partial charge is 0.393 e. The maximum absolute atomic E-state index is 12.8. The number of aliphatic hydroxyl groups excluding tert-OH is 2. The van der Waals surface area contributed by atoms with Crippen molar-refractivity contribution in [3.05, 3.63) is 47.1 Å². The highest BCUT2D eigenvalue weighted by Crippen LogP contribution is 2.57. The Morgan fingerprint density at radius 1 is 1.34 bits per heavy atom. The van der Waals surface area contributed by atoms with Gasteiger partial charge in [0.25, 0.3) is 0 Å². The molecule has 3 rings (SSSR count). The Hall–Kier alpha value is -1.17. The van der Waals surface area contributed by atoms with Crippen molar-refractivity contribution in [2.75, 3.05) is 5.75 Å². The van der Waals surface area contributed by atoms with Crippen LogP contribution in [0.25, 0.3) is 0 Å². The molecule has 3 aliphatic rings. The van der Waals surface area contributed by atoms with Crippen LogP contribution in [0.1, 0.15) is 79.6 Å². The molecule has 0 bridgehead atoms. The van der Waals surface area contributed by atoms with Crippen molar-refractivity contribution in [1.82, 2.24) is 0 Å². The van der Waals surface area contributed by atoms with Crippen LogP contribution in [0.4, 0.5) is 0 Å². The van der Waals surface area contributed by atoms with E-state index >= 15 is 0 Å². The van der Waals surface area contributed by atoms with Crippen molar-refractivity contribution in [3.8, 4) is 0 Å². The standard InChI is InChI=1S/C27H43NO3S/c1-18(13-15-32(28,31)26(3,4)5)23-11-12-24-20(8-7-14-27(23,24)6)9-10-21-16-22(29)17-25(30)19(21)2/h9-11,18,22,24-25,28-30H,2,7-8,12-17H2,1,3-6H3/b20-9+,21-10-/t18-,22-,24+,25+,27-,32+/m1/s1. The number of aliphatic hydroxyl groups is 2. The lowest BCUT2D eigenvalue weighted by Crippen LogP contribution is -2.34. The van der Waals surface area contributed by atoms with Gasteiger partial charge in [0.15, 0.2) is 0 Å². The van der Waals surface area contributed by atoms with Crippen LogP contribution >= 0.6 is 0 Å². The van der Waals surface area contributed by atoms with Crippen LogP contribution in [0.2, 0.25) is 0 Å². The lowest BCUT2D eigenvalue weighted by Gasteiger charge is -2.42. The molecule has 32 heavy (non-hydrogen) atoms. The van der Waals surface area contributed by atoms with E-state index in [-0.39, 0.29) is 5.41 Å². The fourth-order valence-electron chi connectivity index (χ4n) is 5.89. The maximum atomic E-state index is 12.8. The first-order chi connectivity index (χ1) is 14.8. The molecule has 0 unspecified atom stereocenters. The van der Waals surface area contributed by atoms with Gasteiger partial charge in [0.1, 0.15) is 0 Å². The Kier molecular flexibility index (Phi) is 7.34. The molecular formula is C27H43NO3S. The lowest BCUT2D eigenvalue weighted by atomic mass is 9.62. The van der Waals surface area contributed by atoms with Gasteiger partial charge in [0.05, 0.1) is 12.2 Å². The molecule has 0 amide bonds. The molecule has 3 N–H and O–H groups in total. The summed E-state index contributed by atoms with van der Waals surface area (Å²) in [6.45, 7) is 14.4. The van der Waals surface area contributed by atoms with Crippen LogP contribution in [0, 0.1) is 22.0 Å². The monoisotopic (exact) mass is 461 g/mol. The highest BCUT2D eigenvalue weighted by Gasteiger charge is 2.46. The number of hydrogen-bond donors (Lipinski definition) is 3. The highest BCUT2D eigenvalue weighted by atomic mass is 32.2. The molecular weight excluding hydrogens is 418 g/mol. The van der Waals surface area contributed by atoms with Gasteiger partial charge in [-0.25, -0.2) is 4.21 Å². The third kappa shape index (κ3) is 5.00. The van der Waals surface area contributed by atoms with Crippen molar-refractivity contribution in [2.24, 2.45) is 17.3 Å². The summed E-state index contributed by atoms with van der Waals surface area (Å²) in [4.78, 5) is 0. The van der Waals surface area contributed by atoms with E-state index in [1.54, 1.807) is 0 Å². The average molecular weight is 462 g/mol. The number of fused-ring (bicyclic) bond motifs is 1. The highest BCUT2D eigenvalue weighted by molar-refractivity contribution is 7.93. The molecule has 0 aromatic carbocycles. The molecule has 180 valence electrons. The third-order valence-electron chi connectivity index (χ3n) is 8.23. The van der Waals surface area contributed by atoms with Gasteiger partial charge in [-0.1, -0.05) is 49.8 Å². The quantitative estimate of drug-likeness (QED) is 0.445. The third-order valence-corrected chi connectivity index (χ3v) is 11.0. The molecule has 3 aliphatic carbocycles. The summed E-state index contributed by atoms with van der Waals surface area (Å²) in [6, 6.07) is 0. The van der Waals surface area contributed by atoms with Crippen LogP contribution in [0.3, 0.4) is 0 Å². The Balaban J connectivity index is 1.75. The van der Waals surface area contributed by atoms with Gasteiger partial charge >= 0.3 is 0 Å². The summed E-state index contributed by atoms with van der Waals surface area (Å²) in [7, 11) is -2.61. The van der Waals surface area contributed by atoms with Gasteiger partial charge in [0, 0.05) is 26.6 Å². The van der Waals surface area contributed by atoms with Gasteiger partial charge in [0.2, 0.25) is 0 Å². The van der Waals surface area contributed by atoms with E-state index < -0.39 is 26.7 Å². The summed E-state index contributed by atoms with van der Waals surface area (Å²) >= 11 is 0. The molecule has 2 saturated carbocycles. The first-order valence-electron chi connectivity index (χ1n) is 12.2. The van der Waals surface area contributed by atoms with E-state index in [9.17, 15) is 14.4 Å². The molecule has 0 heterocycles. The molecule has 2 fully saturated rings. The van der Waals surface area contributed by atoms with Crippen LogP contribution in [-0.4, -0.2) is 37.1 Å². The normalized spacial score (nSPS) is 36.7. The summed E-state index contributed by atoms with van der Waals surface area (Å²) in [6.07, 6.45) is 11.7. The van der Waals surface area contributed by atoms with Crippen molar-refractivity contribution < 1.29 is 14.4 Å². The predicted octanol–water partition coefficient (Wildman–Crippen LogP) is 5.92. The SMILES string of the molecule is C=C1/C(=C\C=C2/CCC[C@]3(C)C([C@H](C)CC[S@](=N)(=O)C(C)(C)C)=CC[C@@H]23)C[C@@H](O)C[C@@H]1O. The van der Waals surface area contributed by atoms with Crippen molar-refractivity contribution in [3.63, 3.8) is 0 Å². The van der Waals surface area contributed by atoms with Crippen LogP contribution in [-0.2, 0) is 9.73 Å². The van der Waals surface area contributed by atoms with E-state index in [1.165, 1.54) is 17.6 Å². The summed E-state index contributed by atoms with van der Waals surface area (Å²) < 4.78 is 20.7. The van der Waals surface area contributed by atoms with Gasteiger partial charge in [-0.15, -0.1) is 0 Å². The second-order valence-electron chi connectivity index (χ2n) is 11.5. The molecule has 6 atom stereocenters. The molecule has 0 aromatic heterocycles. The summed E-state index contributed by atoms with van der Waals surface area (Å²) in [5, 5.41) is 20.2. The topological polar surface area (TPSA) is 81.4 Å². The van der Waals surface area contributed by atoms with Gasteiger partial charge in [-0.3, -0.25) is 4.78 Å². The molecule has 0 saturated heterocycles. The fourth-order valence-corrected chi connectivity index (χ4v) is 7.18. The Bertz CT molecular complexity index is 934. The van der Waals surface area contributed by atoms with Gasteiger partial charge in [-0.05, 0) is 87.7 Å². The first kappa shape index (κ1) is 25.5. The van der Waals surface area contributed by atoms with Crippen LogP contribution in [0.15, 0.2) is 47.1 Å². The van der Waals surface area contributed by atoms with E-state index in [2.05, 4.69) is 38.7 Å². The van der Waals surface area contributed by atoms with Crippen molar-refractivity contribution in [1.29, 1.82) is 4.78 Å². The first-order valence-corrected chi connectivity index (χ1v) is 13.9. The predicted molar refractivity (Wildman–Crippen MR) is 134 cm³/mol. The fraction of sp³-hybridized carbons (Fsp3) is 0.704. The smallest absolute Gasteiger partial charge is 0.0811 e. The number of nitrogens with one attached hydrogen (secondary N) is 1. The number of hydrogen-bond acceptors (Lipinski definition) is 4. The van der Waals surface area contributed by atoms with Crippen LogP contribution < -0.4 is 0 Å². The van der Waals surface area contributed by atoms with E-state index in [0.717, 1.165) is 36.8 Å². The van der Waals surface area contributed by atoms with Gasteiger partial charge in [-0.2, -0.15) is 0 Å². The molecule has 0 spiro atoms. The second-order valence-corrected chi connectivity index (χ2v) is 14.5. The number of rotatable bonds is 5. The minimum Gasteiger partial charge on any atom is -0.393 e. The zero-order valence-electron chi connectivity index (χ0n) is 20.6. The van der Waals surface area contributed by atoms with E-state index in [0.29, 0.717) is 30.4 Å². The lowest BCUT2D eigenvalue weighted by molar-refractivity contribution is 0.0862. The molecule has 0 radical (unpaired) electrons. The molecule has 0 aromatic rings. The minimum absolute atomic E-state index is 0.120. The maximum Gasteiger partial charge on any atom is 0.0811 e. The minimum atomic E-state index is -2.61. The average Bonchev–Trinajstić information content (AvgIpc) is 3.04. The molecule has 5 heteroatoms. The molecule has 0 aliphatic heterocycles. The zero-order chi connectivity index (χ0) is 23.9. The Morgan fingerprint density at radius 3 is 2.69 bits per heavy atom. The van der Waals surface area contributed by atoms with Crippen molar-refractivity contribution in [2.45, 2.75) is 96.5 Å². The van der Waals surface area contributed by atoms with E-state index in [4.69, 9.17) is 4.78 Å². The number of allylic oxidation sites excluding steroid dienone is 5. The molecule has 4 nitrogen and oxygen atoms in total. The van der Waals surface area contributed by atoms with E-state index in [1.807, 2.05) is 20.8 Å². The Labute approximate surface area is 195 Å². The van der Waals surface area contributed by atoms with Crippen LogP contribution in [0.5, 0.6) is 0 Å². The van der Waals surface area contributed by atoms with Gasteiger partial charge < -0.3 is 10.2 Å². The van der Waals surface area contributed by atoms with Crippen molar-refractivity contribution >= 4 is 9.73 Å². The zero-order valence-corrected chi connectivity index (χ0v) is 21.4. The second kappa shape index (κ2) is 9.23.